The first-order valence-electron chi connectivity index (χ1n) is 8.87. The van der Waals surface area contributed by atoms with Crippen LogP contribution in [0.2, 0.25) is 0 Å². The topological polar surface area (TPSA) is 67.6 Å². The third-order valence-electron chi connectivity index (χ3n) is 5.26. The molecule has 9 heteroatoms. The summed E-state index contributed by atoms with van der Waals surface area (Å²) in [4.78, 5) is 14.5. The molecule has 1 amide bonds. The van der Waals surface area contributed by atoms with E-state index in [9.17, 15) is 13.6 Å². The molecule has 2 fully saturated rings. The molecule has 27 heavy (non-hydrogen) atoms. The van der Waals surface area contributed by atoms with Crippen LogP contribution in [0.5, 0.6) is 5.75 Å². The van der Waals surface area contributed by atoms with Crippen molar-refractivity contribution in [1.29, 1.82) is 0 Å². The maximum Gasteiger partial charge on any atom is 0.387 e. The molecular weight excluding hydrogens is 399 g/mol. The number of hydrogen-bond acceptors (Lipinski definition) is 4. The average Bonchev–Trinajstić information content (AvgIpc) is 3.23. The number of alkyl halides is 2. The zero-order valence-electron chi connectivity index (χ0n) is 15.0. The third-order valence-corrected chi connectivity index (χ3v) is 5.26. The Morgan fingerprint density at radius 2 is 2.00 bits per heavy atom. The van der Waals surface area contributed by atoms with Crippen LogP contribution in [0.1, 0.15) is 25.7 Å². The predicted octanol–water partition coefficient (Wildman–Crippen LogP) is 3.20. The SMILES string of the molecule is Cl.Cl.NC[C@H]1CCC[C@H]1C(=O)NC1CCN(c2ccccc2OC(F)F)C1. The van der Waals surface area contributed by atoms with Crippen molar-refractivity contribution in [1.82, 2.24) is 5.32 Å². The Hall–Kier alpha value is -1.31. The van der Waals surface area contributed by atoms with Gasteiger partial charge in [-0.15, -0.1) is 24.8 Å². The summed E-state index contributed by atoms with van der Waals surface area (Å²) in [5.41, 5.74) is 6.40. The summed E-state index contributed by atoms with van der Waals surface area (Å²) in [5, 5.41) is 3.12. The monoisotopic (exact) mass is 425 g/mol. The van der Waals surface area contributed by atoms with E-state index in [1.54, 1.807) is 18.2 Å². The van der Waals surface area contributed by atoms with E-state index < -0.39 is 6.61 Å². The van der Waals surface area contributed by atoms with E-state index in [2.05, 4.69) is 10.1 Å². The minimum Gasteiger partial charge on any atom is -0.433 e. The Labute approximate surface area is 170 Å². The van der Waals surface area contributed by atoms with Gasteiger partial charge in [-0.3, -0.25) is 4.79 Å². The van der Waals surface area contributed by atoms with Gasteiger partial charge in [-0.1, -0.05) is 18.6 Å². The van der Waals surface area contributed by atoms with Gasteiger partial charge in [0, 0.05) is 25.0 Å². The smallest absolute Gasteiger partial charge is 0.387 e. The number of nitrogens with zero attached hydrogens (tertiary/aromatic N) is 1. The van der Waals surface area contributed by atoms with E-state index in [0.717, 1.165) is 25.7 Å². The van der Waals surface area contributed by atoms with Gasteiger partial charge >= 0.3 is 6.61 Å². The molecule has 0 radical (unpaired) electrons. The van der Waals surface area contributed by atoms with Crippen LogP contribution in [0.15, 0.2) is 24.3 Å². The summed E-state index contributed by atoms with van der Waals surface area (Å²) in [5.74, 6) is 0.534. The zero-order valence-corrected chi connectivity index (χ0v) is 16.6. The van der Waals surface area contributed by atoms with Crippen LogP contribution < -0.4 is 20.7 Å². The van der Waals surface area contributed by atoms with Gasteiger partial charge in [0.05, 0.1) is 5.69 Å². The third kappa shape index (κ3) is 5.83. The second-order valence-electron chi connectivity index (χ2n) is 6.82. The highest BCUT2D eigenvalue weighted by Gasteiger charge is 2.34. The lowest BCUT2D eigenvalue weighted by molar-refractivity contribution is -0.126. The maximum absolute atomic E-state index is 12.6. The number of carbonyl (C=O) groups is 1. The standard InChI is InChI=1S/C18H25F2N3O2.2ClH/c19-18(20)25-16-7-2-1-6-15(16)23-9-8-13(11-23)22-17(24)14-5-3-4-12(14)10-21;;/h1-2,6-7,12-14,18H,3-5,8-11,21H2,(H,22,24);2*1H/t12-,13?,14-;;/m1../s1. The maximum atomic E-state index is 12.6. The fourth-order valence-electron chi connectivity index (χ4n) is 3.98. The van der Waals surface area contributed by atoms with E-state index in [-0.39, 0.29) is 54.3 Å². The molecule has 0 aromatic heterocycles. The van der Waals surface area contributed by atoms with Gasteiger partial charge in [0.15, 0.2) is 0 Å². The van der Waals surface area contributed by atoms with Gasteiger partial charge in [-0.2, -0.15) is 8.78 Å². The minimum atomic E-state index is -2.85. The molecule has 1 aliphatic heterocycles. The molecular formula is C18H27Cl2F2N3O2. The molecule has 3 atom stereocenters. The van der Waals surface area contributed by atoms with Crippen molar-refractivity contribution < 1.29 is 18.3 Å². The van der Waals surface area contributed by atoms with Crippen molar-refractivity contribution in [3.8, 4) is 5.75 Å². The number of hydrogen-bond donors (Lipinski definition) is 2. The van der Waals surface area contributed by atoms with E-state index >= 15 is 0 Å². The van der Waals surface area contributed by atoms with Crippen LogP contribution >= 0.6 is 24.8 Å². The van der Waals surface area contributed by atoms with Crippen LogP contribution in [0.4, 0.5) is 14.5 Å². The number of nitrogens with one attached hydrogen (secondary N) is 1. The highest BCUT2D eigenvalue weighted by molar-refractivity contribution is 5.85. The lowest BCUT2D eigenvalue weighted by atomic mass is 9.95. The summed E-state index contributed by atoms with van der Waals surface area (Å²) in [6, 6.07) is 6.79. The Morgan fingerprint density at radius 1 is 1.26 bits per heavy atom. The van der Waals surface area contributed by atoms with E-state index in [1.165, 1.54) is 6.07 Å². The number of carbonyl (C=O) groups excluding carboxylic acids is 1. The Morgan fingerprint density at radius 3 is 2.70 bits per heavy atom. The number of ether oxygens (including phenoxy) is 1. The lowest BCUT2D eigenvalue weighted by Gasteiger charge is -2.23. The van der Waals surface area contributed by atoms with E-state index in [4.69, 9.17) is 5.73 Å². The minimum absolute atomic E-state index is 0. The number of amides is 1. The number of halogens is 4. The van der Waals surface area contributed by atoms with Gasteiger partial charge in [0.2, 0.25) is 5.91 Å². The Kier molecular flexibility index (Phi) is 9.56. The number of rotatable bonds is 6. The summed E-state index contributed by atoms with van der Waals surface area (Å²) in [6.45, 7) is -1.02. The Balaban J connectivity index is 0.00000182. The second-order valence-corrected chi connectivity index (χ2v) is 6.82. The fraction of sp³-hybridized carbons (Fsp3) is 0.611. The number of para-hydroxylation sites is 2. The van der Waals surface area contributed by atoms with Crippen LogP contribution in [0, 0.1) is 11.8 Å². The molecule has 1 aromatic rings. The van der Waals surface area contributed by atoms with Gasteiger partial charge in [-0.05, 0) is 43.9 Å². The lowest BCUT2D eigenvalue weighted by Crippen LogP contribution is -2.42. The second kappa shape index (κ2) is 10.9. The van der Waals surface area contributed by atoms with Gasteiger partial charge in [0.1, 0.15) is 5.75 Å². The van der Waals surface area contributed by atoms with Gasteiger partial charge in [0.25, 0.3) is 0 Å². The molecule has 0 bridgehead atoms. The van der Waals surface area contributed by atoms with Crippen molar-refractivity contribution >= 4 is 36.4 Å². The largest absolute Gasteiger partial charge is 0.433 e. The highest BCUT2D eigenvalue weighted by atomic mass is 35.5. The Bertz CT molecular complexity index is 610. The van der Waals surface area contributed by atoms with Crippen molar-refractivity contribution in [3.63, 3.8) is 0 Å². The average molecular weight is 426 g/mol. The normalized spacial score (nSPS) is 24.3. The molecule has 3 rings (SSSR count). The first kappa shape index (κ1) is 23.7. The van der Waals surface area contributed by atoms with Gasteiger partial charge in [-0.25, -0.2) is 0 Å². The fourth-order valence-corrected chi connectivity index (χ4v) is 3.98. The zero-order chi connectivity index (χ0) is 17.8. The summed E-state index contributed by atoms with van der Waals surface area (Å²) < 4.78 is 29.8. The number of nitrogens with two attached hydrogens (primary N) is 1. The molecule has 1 heterocycles. The summed E-state index contributed by atoms with van der Waals surface area (Å²) in [7, 11) is 0. The number of anilines is 1. The molecule has 154 valence electrons. The summed E-state index contributed by atoms with van der Waals surface area (Å²) >= 11 is 0. The van der Waals surface area contributed by atoms with E-state index in [0.29, 0.717) is 25.3 Å². The molecule has 1 aliphatic carbocycles. The van der Waals surface area contributed by atoms with Crippen molar-refractivity contribution in [2.75, 3.05) is 24.5 Å². The van der Waals surface area contributed by atoms with Crippen molar-refractivity contribution in [2.45, 2.75) is 38.3 Å². The highest BCUT2D eigenvalue weighted by Crippen LogP contribution is 2.33. The molecule has 0 spiro atoms. The first-order chi connectivity index (χ1) is 12.1. The molecule has 2 aliphatic rings. The van der Waals surface area contributed by atoms with Crippen LogP contribution in [-0.2, 0) is 4.79 Å². The van der Waals surface area contributed by atoms with Crippen LogP contribution in [0.25, 0.3) is 0 Å². The van der Waals surface area contributed by atoms with Crippen molar-refractivity contribution in [2.24, 2.45) is 17.6 Å². The molecule has 1 unspecified atom stereocenters. The number of benzene rings is 1. The van der Waals surface area contributed by atoms with Crippen molar-refractivity contribution in [3.05, 3.63) is 24.3 Å². The molecule has 1 aromatic carbocycles. The molecule has 1 saturated carbocycles. The molecule has 3 N–H and O–H groups in total. The van der Waals surface area contributed by atoms with Crippen LogP contribution in [0.3, 0.4) is 0 Å². The summed E-state index contributed by atoms with van der Waals surface area (Å²) in [6.07, 6.45) is 3.75. The molecule has 1 saturated heterocycles. The van der Waals surface area contributed by atoms with E-state index in [1.807, 2.05) is 4.90 Å². The van der Waals surface area contributed by atoms with Gasteiger partial charge < -0.3 is 20.7 Å². The van der Waals surface area contributed by atoms with Crippen LogP contribution in [-0.4, -0.2) is 38.2 Å². The molecule has 5 nitrogen and oxygen atoms in total. The first-order valence-corrected chi connectivity index (χ1v) is 8.87. The predicted molar refractivity (Wildman–Crippen MR) is 106 cm³/mol. The quantitative estimate of drug-likeness (QED) is 0.733.